The van der Waals surface area contributed by atoms with Crippen molar-refractivity contribution in [2.75, 3.05) is 19.8 Å². The van der Waals surface area contributed by atoms with Gasteiger partial charge in [-0.25, -0.2) is 8.78 Å². The van der Waals surface area contributed by atoms with E-state index < -0.39 is 11.6 Å². The topological polar surface area (TPSA) is 21.3 Å². The summed E-state index contributed by atoms with van der Waals surface area (Å²) in [6.07, 6.45) is 1.24. The van der Waals surface area contributed by atoms with E-state index in [9.17, 15) is 8.78 Å². The molecule has 0 spiro atoms. The van der Waals surface area contributed by atoms with Crippen LogP contribution in [0.2, 0.25) is 0 Å². The highest BCUT2D eigenvalue weighted by Gasteiger charge is 2.15. The summed E-state index contributed by atoms with van der Waals surface area (Å²) in [5.41, 5.74) is 0.128. The third-order valence-electron chi connectivity index (χ3n) is 2.67. The Hall–Kier alpha value is -1.00. The molecular weight excluding hydrogens is 236 g/mol. The summed E-state index contributed by atoms with van der Waals surface area (Å²) in [4.78, 5) is 0. The third-order valence-corrected chi connectivity index (χ3v) is 2.67. The van der Waals surface area contributed by atoms with Crippen molar-refractivity contribution in [1.82, 2.24) is 5.32 Å². The molecule has 1 aromatic carbocycles. The van der Waals surface area contributed by atoms with Crippen molar-refractivity contribution < 1.29 is 13.5 Å². The van der Waals surface area contributed by atoms with Crippen LogP contribution in [-0.4, -0.2) is 25.8 Å². The van der Waals surface area contributed by atoms with Crippen LogP contribution in [0, 0.1) is 11.6 Å². The fourth-order valence-electron chi connectivity index (χ4n) is 1.82. The highest BCUT2D eigenvalue weighted by molar-refractivity contribution is 5.20. The minimum Gasteiger partial charge on any atom is -0.380 e. The number of hydrogen-bond donors (Lipinski definition) is 1. The van der Waals surface area contributed by atoms with Crippen LogP contribution in [0.5, 0.6) is 0 Å². The maximum absolute atomic E-state index is 13.5. The van der Waals surface area contributed by atoms with Crippen molar-refractivity contribution in [3.8, 4) is 0 Å². The summed E-state index contributed by atoms with van der Waals surface area (Å²) in [5, 5.41) is 3.19. The van der Waals surface area contributed by atoms with Gasteiger partial charge in [0.05, 0.1) is 6.61 Å². The molecule has 1 aromatic rings. The number of rotatable bonds is 8. The molecule has 0 saturated heterocycles. The molecule has 1 N–H and O–H groups in total. The van der Waals surface area contributed by atoms with E-state index in [1.54, 1.807) is 0 Å². The molecule has 0 aliphatic rings. The van der Waals surface area contributed by atoms with Gasteiger partial charge in [0.15, 0.2) is 0 Å². The first kappa shape index (κ1) is 15.1. The van der Waals surface area contributed by atoms with E-state index in [1.165, 1.54) is 18.2 Å². The van der Waals surface area contributed by atoms with Crippen molar-refractivity contribution in [1.29, 1.82) is 0 Å². The van der Waals surface area contributed by atoms with Gasteiger partial charge in [-0.05, 0) is 31.5 Å². The van der Waals surface area contributed by atoms with Crippen molar-refractivity contribution >= 4 is 0 Å². The van der Waals surface area contributed by atoms with Crippen LogP contribution in [0.1, 0.15) is 25.8 Å². The molecule has 1 atom stereocenters. The van der Waals surface area contributed by atoms with Gasteiger partial charge in [0.25, 0.3) is 0 Å². The smallest absolute Gasteiger partial charge is 0.129 e. The van der Waals surface area contributed by atoms with E-state index in [-0.39, 0.29) is 11.6 Å². The molecule has 0 aliphatic carbocycles. The number of nitrogens with one attached hydrogen (secondary N) is 1. The Morgan fingerprint density at radius 2 is 1.89 bits per heavy atom. The van der Waals surface area contributed by atoms with E-state index in [1.807, 2.05) is 13.8 Å². The lowest BCUT2D eigenvalue weighted by atomic mass is 10.1. The van der Waals surface area contributed by atoms with Crippen LogP contribution in [0.25, 0.3) is 0 Å². The molecule has 0 bridgehead atoms. The second kappa shape index (κ2) is 8.16. The first-order valence-corrected chi connectivity index (χ1v) is 6.43. The molecule has 0 aliphatic heterocycles. The highest BCUT2D eigenvalue weighted by Crippen LogP contribution is 2.14. The van der Waals surface area contributed by atoms with Gasteiger partial charge in [0.2, 0.25) is 0 Å². The normalized spacial score (nSPS) is 12.7. The van der Waals surface area contributed by atoms with Crippen LogP contribution >= 0.6 is 0 Å². The fraction of sp³-hybridized carbons (Fsp3) is 0.571. The predicted molar refractivity (Wildman–Crippen MR) is 68.6 cm³/mol. The largest absolute Gasteiger partial charge is 0.380 e. The van der Waals surface area contributed by atoms with Gasteiger partial charge in [0.1, 0.15) is 11.6 Å². The van der Waals surface area contributed by atoms with E-state index >= 15 is 0 Å². The van der Waals surface area contributed by atoms with Gasteiger partial charge in [-0.15, -0.1) is 0 Å². The summed E-state index contributed by atoms with van der Waals surface area (Å²) in [6, 6.07) is 3.89. The Morgan fingerprint density at radius 1 is 1.22 bits per heavy atom. The summed E-state index contributed by atoms with van der Waals surface area (Å²) in [5.74, 6) is -0.984. The van der Waals surface area contributed by atoms with Gasteiger partial charge < -0.3 is 10.1 Å². The molecular formula is C14H21F2NO. The Labute approximate surface area is 107 Å². The molecule has 1 unspecified atom stereocenters. The zero-order chi connectivity index (χ0) is 13.4. The minimum atomic E-state index is -0.492. The van der Waals surface area contributed by atoms with Crippen molar-refractivity contribution in [3.05, 3.63) is 35.4 Å². The van der Waals surface area contributed by atoms with E-state index in [0.29, 0.717) is 19.6 Å². The van der Waals surface area contributed by atoms with Gasteiger partial charge >= 0.3 is 0 Å². The van der Waals surface area contributed by atoms with E-state index in [2.05, 4.69) is 5.32 Å². The van der Waals surface area contributed by atoms with Crippen LogP contribution in [0.15, 0.2) is 18.2 Å². The van der Waals surface area contributed by atoms with Crippen molar-refractivity contribution in [3.63, 3.8) is 0 Å². The first-order valence-electron chi connectivity index (χ1n) is 6.43. The fourth-order valence-corrected chi connectivity index (χ4v) is 1.82. The average molecular weight is 257 g/mol. The standard InChI is InChI=1S/C14H21F2NO/c1-3-8-18-10-11(17-4-2)9-12-13(15)6-5-7-14(12)16/h5-7,11,17H,3-4,8-10H2,1-2H3. The van der Waals surface area contributed by atoms with E-state index in [0.717, 1.165) is 13.0 Å². The van der Waals surface area contributed by atoms with Gasteiger partial charge in [0, 0.05) is 18.2 Å². The molecule has 1 rings (SSSR count). The Bertz CT molecular complexity index is 337. The molecule has 0 fully saturated rings. The SMILES string of the molecule is CCCOCC(Cc1c(F)cccc1F)NCC. The lowest BCUT2D eigenvalue weighted by Crippen LogP contribution is -2.36. The molecule has 0 saturated carbocycles. The second-order valence-corrected chi connectivity index (χ2v) is 4.23. The zero-order valence-corrected chi connectivity index (χ0v) is 11.0. The number of halogens is 2. The van der Waals surface area contributed by atoms with Gasteiger partial charge in [-0.2, -0.15) is 0 Å². The Kier molecular flexibility index (Phi) is 6.83. The Morgan fingerprint density at radius 3 is 2.44 bits per heavy atom. The molecule has 18 heavy (non-hydrogen) atoms. The monoisotopic (exact) mass is 257 g/mol. The lowest BCUT2D eigenvalue weighted by molar-refractivity contribution is 0.111. The molecule has 4 heteroatoms. The molecule has 0 amide bonds. The summed E-state index contributed by atoms with van der Waals surface area (Å²) >= 11 is 0. The van der Waals surface area contributed by atoms with Crippen LogP contribution in [0.3, 0.4) is 0 Å². The average Bonchev–Trinajstić information content (AvgIpc) is 2.34. The maximum Gasteiger partial charge on any atom is 0.129 e. The summed E-state index contributed by atoms with van der Waals surface area (Å²) < 4.78 is 32.5. The molecule has 0 heterocycles. The van der Waals surface area contributed by atoms with Crippen LogP contribution in [0.4, 0.5) is 8.78 Å². The maximum atomic E-state index is 13.5. The summed E-state index contributed by atoms with van der Waals surface area (Å²) in [7, 11) is 0. The van der Waals surface area contributed by atoms with Crippen LogP contribution in [-0.2, 0) is 11.2 Å². The number of hydrogen-bond acceptors (Lipinski definition) is 2. The molecule has 102 valence electrons. The number of likely N-dealkylation sites (N-methyl/N-ethyl adjacent to an activating group) is 1. The van der Waals surface area contributed by atoms with Gasteiger partial charge in [-0.3, -0.25) is 0 Å². The molecule has 2 nitrogen and oxygen atoms in total. The van der Waals surface area contributed by atoms with Crippen molar-refractivity contribution in [2.24, 2.45) is 0 Å². The van der Waals surface area contributed by atoms with Crippen LogP contribution < -0.4 is 5.32 Å². The third kappa shape index (κ3) is 4.70. The predicted octanol–water partition coefficient (Wildman–Crippen LogP) is 2.91. The highest BCUT2D eigenvalue weighted by atomic mass is 19.1. The minimum absolute atomic E-state index is 0.0621. The number of benzene rings is 1. The number of ether oxygens (including phenoxy) is 1. The van der Waals surface area contributed by atoms with E-state index in [4.69, 9.17) is 4.74 Å². The summed E-state index contributed by atoms with van der Waals surface area (Å²) in [6.45, 7) is 5.87. The zero-order valence-electron chi connectivity index (χ0n) is 11.0. The lowest BCUT2D eigenvalue weighted by Gasteiger charge is -2.18. The van der Waals surface area contributed by atoms with Crippen molar-refractivity contribution in [2.45, 2.75) is 32.7 Å². The quantitative estimate of drug-likeness (QED) is 0.723. The Balaban J connectivity index is 2.64. The molecule has 0 radical (unpaired) electrons. The first-order chi connectivity index (χ1) is 8.69. The second-order valence-electron chi connectivity index (χ2n) is 4.23. The van der Waals surface area contributed by atoms with Gasteiger partial charge in [-0.1, -0.05) is 19.9 Å². The molecule has 0 aromatic heterocycles.